The van der Waals surface area contributed by atoms with E-state index in [-0.39, 0.29) is 6.10 Å². The summed E-state index contributed by atoms with van der Waals surface area (Å²) in [5.41, 5.74) is 0. The van der Waals surface area contributed by atoms with Crippen molar-refractivity contribution in [3.8, 4) is 0 Å². The highest BCUT2D eigenvalue weighted by atomic mass is 16.5. The van der Waals surface area contributed by atoms with Gasteiger partial charge in [0.1, 0.15) is 6.10 Å². The maximum Gasteiger partial charge on any atom is 0.250 e. The summed E-state index contributed by atoms with van der Waals surface area (Å²) in [5, 5.41) is 3.79. The van der Waals surface area contributed by atoms with E-state index in [1.54, 1.807) is 0 Å². The Hall–Kier alpha value is -1.16. The first-order valence-corrected chi connectivity index (χ1v) is 3.98. The molecule has 1 aromatic heterocycles. The van der Waals surface area contributed by atoms with Gasteiger partial charge >= 0.3 is 0 Å². The zero-order valence-corrected chi connectivity index (χ0v) is 6.69. The van der Waals surface area contributed by atoms with Crippen LogP contribution in [0.1, 0.15) is 30.7 Å². The van der Waals surface area contributed by atoms with Crippen LogP contribution in [0.5, 0.6) is 0 Å². The Morgan fingerprint density at radius 1 is 1.58 bits per heavy atom. The Labute approximate surface area is 70.2 Å². The molecule has 1 aliphatic heterocycles. The molecule has 1 unspecified atom stereocenters. The molecule has 2 rings (SSSR count). The Morgan fingerprint density at radius 2 is 2.50 bits per heavy atom. The number of hydrogen-bond donors (Lipinski definition) is 0. The lowest BCUT2D eigenvalue weighted by Gasteiger charge is -2.00. The molecule has 4 nitrogen and oxygen atoms in total. The summed E-state index contributed by atoms with van der Waals surface area (Å²) in [5.74, 6) is 1.10. The molecule has 0 aromatic carbocycles. The highest BCUT2D eigenvalue weighted by Crippen LogP contribution is 2.25. The lowest BCUT2D eigenvalue weighted by atomic mass is 10.2. The van der Waals surface area contributed by atoms with Gasteiger partial charge in [-0.15, -0.1) is 0 Å². The third-order valence-electron chi connectivity index (χ3n) is 1.85. The molecule has 2 heterocycles. The molecule has 0 radical (unpaired) electrons. The Bertz CT molecular complexity index is 276. The second-order valence-electron chi connectivity index (χ2n) is 2.70. The molecule has 4 heteroatoms. The van der Waals surface area contributed by atoms with Crippen molar-refractivity contribution < 1.29 is 9.26 Å². The summed E-state index contributed by atoms with van der Waals surface area (Å²) >= 11 is 0. The molecule has 0 spiro atoms. The quantitative estimate of drug-likeness (QED) is 0.669. The van der Waals surface area contributed by atoms with Gasteiger partial charge in [0.25, 0.3) is 0 Å². The number of aromatic nitrogens is 2. The van der Waals surface area contributed by atoms with Gasteiger partial charge in [-0.2, -0.15) is 4.98 Å². The standard InChI is InChI=1S/C8H10N2O2/c1-2-7-9-8(10-12-7)6-4-3-5-11-6/h2,6H,1,3-5H2. The maximum absolute atomic E-state index is 5.38. The lowest BCUT2D eigenvalue weighted by molar-refractivity contribution is 0.103. The van der Waals surface area contributed by atoms with Crippen molar-refractivity contribution in [2.75, 3.05) is 6.61 Å². The van der Waals surface area contributed by atoms with E-state index in [2.05, 4.69) is 16.7 Å². The van der Waals surface area contributed by atoms with Crippen LogP contribution in [0, 0.1) is 0 Å². The van der Waals surface area contributed by atoms with Gasteiger partial charge in [0.05, 0.1) is 0 Å². The zero-order valence-electron chi connectivity index (χ0n) is 6.69. The van der Waals surface area contributed by atoms with Crippen LogP contribution in [0.2, 0.25) is 0 Å². The van der Waals surface area contributed by atoms with Crippen LogP contribution in [0.15, 0.2) is 11.1 Å². The van der Waals surface area contributed by atoms with Crippen LogP contribution in [-0.4, -0.2) is 16.7 Å². The summed E-state index contributed by atoms with van der Waals surface area (Å²) in [7, 11) is 0. The van der Waals surface area contributed by atoms with Crippen molar-refractivity contribution in [3.05, 3.63) is 18.3 Å². The molecule has 64 valence electrons. The predicted octanol–water partition coefficient (Wildman–Crippen LogP) is 1.56. The van der Waals surface area contributed by atoms with Crippen molar-refractivity contribution in [3.63, 3.8) is 0 Å². The van der Waals surface area contributed by atoms with Gasteiger partial charge in [0, 0.05) is 6.61 Å². The largest absolute Gasteiger partial charge is 0.370 e. The molecule has 1 aliphatic rings. The van der Waals surface area contributed by atoms with Gasteiger partial charge in [-0.05, 0) is 18.9 Å². The first-order valence-electron chi connectivity index (χ1n) is 3.98. The number of rotatable bonds is 2. The van der Waals surface area contributed by atoms with Gasteiger partial charge in [-0.25, -0.2) is 0 Å². The minimum atomic E-state index is 0.0300. The van der Waals surface area contributed by atoms with Crippen molar-refractivity contribution in [1.82, 2.24) is 10.1 Å². The van der Waals surface area contributed by atoms with E-state index in [9.17, 15) is 0 Å². The molecule has 0 amide bonds. The van der Waals surface area contributed by atoms with E-state index < -0.39 is 0 Å². The van der Waals surface area contributed by atoms with Crippen molar-refractivity contribution in [2.45, 2.75) is 18.9 Å². The van der Waals surface area contributed by atoms with E-state index in [0.29, 0.717) is 11.7 Å². The Balaban J connectivity index is 2.16. The van der Waals surface area contributed by atoms with E-state index in [1.165, 1.54) is 6.08 Å². The van der Waals surface area contributed by atoms with Crippen LogP contribution in [0.4, 0.5) is 0 Å². The molecule has 0 aliphatic carbocycles. The average molecular weight is 166 g/mol. The third-order valence-corrected chi connectivity index (χ3v) is 1.85. The Morgan fingerprint density at radius 3 is 3.08 bits per heavy atom. The molecule has 0 bridgehead atoms. The second-order valence-corrected chi connectivity index (χ2v) is 2.70. The highest BCUT2D eigenvalue weighted by Gasteiger charge is 2.22. The molecular formula is C8H10N2O2. The highest BCUT2D eigenvalue weighted by molar-refractivity contribution is 5.32. The molecule has 1 saturated heterocycles. The number of hydrogen-bond acceptors (Lipinski definition) is 4. The summed E-state index contributed by atoms with van der Waals surface area (Å²) in [6, 6.07) is 0. The molecule has 1 atom stereocenters. The van der Waals surface area contributed by atoms with Crippen molar-refractivity contribution in [2.24, 2.45) is 0 Å². The van der Waals surface area contributed by atoms with Crippen molar-refractivity contribution >= 4 is 6.08 Å². The fourth-order valence-corrected chi connectivity index (χ4v) is 1.24. The normalized spacial score (nSPS) is 22.8. The van der Waals surface area contributed by atoms with Gasteiger partial charge in [0.2, 0.25) is 11.7 Å². The van der Waals surface area contributed by atoms with Crippen LogP contribution in [0.25, 0.3) is 6.08 Å². The zero-order chi connectivity index (χ0) is 8.39. The van der Waals surface area contributed by atoms with Crippen molar-refractivity contribution in [1.29, 1.82) is 0 Å². The molecule has 1 aromatic rings. The topological polar surface area (TPSA) is 48.2 Å². The second kappa shape index (κ2) is 3.06. The fourth-order valence-electron chi connectivity index (χ4n) is 1.24. The molecule has 12 heavy (non-hydrogen) atoms. The SMILES string of the molecule is C=Cc1nc(C2CCCO2)no1. The predicted molar refractivity (Wildman–Crippen MR) is 42.3 cm³/mol. The average Bonchev–Trinajstić information content (AvgIpc) is 2.75. The van der Waals surface area contributed by atoms with Crippen LogP contribution >= 0.6 is 0 Å². The van der Waals surface area contributed by atoms with Gasteiger partial charge in [0.15, 0.2) is 0 Å². The van der Waals surface area contributed by atoms with E-state index in [0.717, 1.165) is 19.4 Å². The first kappa shape index (κ1) is 7.49. The van der Waals surface area contributed by atoms with E-state index in [1.807, 2.05) is 0 Å². The first-order chi connectivity index (χ1) is 5.90. The number of ether oxygens (including phenoxy) is 1. The monoisotopic (exact) mass is 166 g/mol. The van der Waals surface area contributed by atoms with E-state index >= 15 is 0 Å². The smallest absolute Gasteiger partial charge is 0.250 e. The molecule has 0 saturated carbocycles. The molecule has 1 fully saturated rings. The van der Waals surface area contributed by atoms with Gasteiger partial charge < -0.3 is 9.26 Å². The Kier molecular flexibility index (Phi) is 1.91. The van der Waals surface area contributed by atoms with E-state index in [4.69, 9.17) is 9.26 Å². The minimum Gasteiger partial charge on any atom is -0.370 e. The lowest BCUT2D eigenvalue weighted by Crippen LogP contribution is -1.97. The summed E-state index contributed by atoms with van der Waals surface area (Å²) in [4.78, 5) is 4.09. The maximum atomic E-state index is 5.38. The summed E-state index contributed by atoms with van der Waals surface area (Å²) in [6.45, 7) is 4.33. The number of nitrogens with zero attached hydrogens (tertiary/aromatic N) is 2. The van der Waals surface area contributed by atoms with Gasteiger partial charge in [-0.3, -0.25) is 0 Å². The van der Waals surface area contributed by atoms with Crippen LogP contribution in [0.3, 0.4) is 0 Å². The molecule has 0 N–H and O–H groups in total. The fraction of sp³-hybridized carbons (Fsp3) is 0.500. The summed E-state index contributed by atoms with van der Waals surface area (Å²) in [6.07, 6.45) is 3.62. The summed E-state index contributed by atoms with van der Waals surface area (Å²) < 4.78 is 10.2. The third kappa shape index (κ3) is 1.25. The van der Waals surface area contributed by atoms with Crippen LogP contribution in [-0.2, 0) is 4.74 Å². The van der Waals surface area contributed by atoms with Crippen LogP contribution < -0.4 is 0 Å². The minimum absolute atomic E-state index is 0.0300. The molecular weight excluding hydrogens is 156 g/mol. The van der Waals surface area contributed by atoms with Gasteiger partial charge in [-0.1, -0.05) is 11.7 Å².